The molecule has 0 aromatic heterocycles. The van der Waals surface area contributed by atoms with Crippen LogP contribution in [0, 0.1) is 0 Å². The number of alkyl carbamates (subject to hydrolysis) is 1. The topological polar surface area (TPSA) is 56.8 Å². The molecule has 6 heteroatoms. The molecule has 0 saturated heterocycles. The molecule has 5 nitrogen and oxygen atoms in total. The number of nitrogens with one attached hydrogen (secondary N) is 1. The van der Waals surface area contributed by atoms with E-state index in [1.165, 1.54) is 10.4 Å². The maximum atomic E-state index is 12.0. The van der Waals surface area contributed by atoms with Gasteiger partial charge in [-0.2, -0.15) is 0 Å². The molecule has 2 aromatic carbocycles. The molecule has 1 aliphatic heterocycles. The summed E-state index contributed by atoms with van der Waals surface area (Å²) in [7, 11) is -2.61. The molecular formula is C27H37NO4Si. The first-order chi connectivity index (χ1) is 15.5. The molecule has 0 fully saturated rings. The highest BCUT2D eigenvalue weighted by Crippen LogP contribution is 2.37. The summed E-state index contributed by atoms with van der Waals surface area (Å²) in [6, 6.07) is 20.9. The van der Waals surface area contributed by atoms with Crippen molar-refractivity contribution in [2.75, 3.05) is 13.2 Å². The van der Waals surface area contributed by atoms with Crippen LogP contribution in [-0.4, -0.2) is 45.4 Å². The number of carbonyl (C=O) groups excluding carboxylic acids is 1. The standard InChI is InChI=1S/C27H37NO4Si/c1-26(2,3)32-25(29)28-21-17-18-22(30-19-21)20-31-33(27(4,5)6,23-13-9-7-10-14-23)24-15-11-8-12-16-24/h7-18,21-22H,19-20H2,1-6H3,(H,28,29)/t21-,22+/m1/s1. The van der Waals surface area contributed by atoms with Crippen molar-refractivity contribution in [3.63, 3.8) is 0 Å². The van der Waals surface area contributed by atoms with E-state index in [0.29, 0.717) is 13.2 Å². The first-order valence-corrected chi connectivity index (χ1v) is 13.5. The van der Waals surface area contributed by atoms with Gasteiger partial charge in [0.2, 0.25) is 0 Å². The second-order valence-corrected chi connectivity index (χ2v) is 14.8. The van der Waals surface area contributed by atoms with Crippen molar-refractivity contribution in [1.82, 2.24) is 5.32 Å². The molecule has 0 spiro atoms. The zero-order valence-corrected chi connectivity index (χ0v) is 21.6. The average molecular weight is 468 g/mol. The van der Waals surface area contributed by atoms with Crippen LogP contribution in [0.2, 0.25) is 5.04 Å². The molecule has 3 rings (SSSR count). The minimum atomic E-state index is -2.61. The zero-order valence-electron chi connectivity index (χ0n) is 20.6. The van der Waals surface area contributed by atoms with Crippen molar-refractivity contribution in [2.24, 2.45) is 0 Å². The Morgan fingerprint density at radius 1 is 0.939 bits per heavy atom. The molecule has 2 aromatic rings. The highest BCUT2D eigenvalue weighted by atomic mass is 28.4. The van der Waals surface area contributed by atoms with Crippen LogP contribution in [0.15, 0.2) is 72.8 Å². The lowest BCUT2D eigenvalue weighted by atomic mass is 10.2. The zero-order chi connectivity index (χ0) is 24.1. The third kappa shape index (κ3) is 6.34. The van der Waals surface area contributed by atoms with Crippen LogP contribution in [0.4, 0.5) is 4.79 Å². The van der Waals surface area contributed by atoms with Crippen LogP contribution < -0.4 is 15.7 Å². The molecule has 1 amide bonds. The summed E-state index contributed by atoms with van der Waals surface area (Å²) in [6.45, 7) is 13.1. The molecule has 1 aliphatic rings. The fourth-order valence-electron chi connectivity index (χ4n) is 4.22. The quantitative estimate of drug-likeness (QED) is 0.505. The van der Waals surface area contributed by atoms with Gasteiger partial charge in [-0.25, -0.2) is 4.79 Å². The van der Waals surface area contributed by atoms with Gasteiger partial charge in [-0.05, 0) is 36.2 Å². The van der Waals surface area contributed by atoms with E-state index in [1.54, 1.807) is 0 Å². The molecular weight excluding hydrogens is 430 g/mol. The number of hydrogen-bond acceptors (Lipinski definition) is 4. The smallest absolute Gasteiger partial charge is 0.408 e. The van der Waals surface area contributed by atoms with Crippen LogP contribution in [0.1, 0.15) is 41.5 Å². The van der Waals surface area contributed by atoms with Gasteiger partial charge in [-0.15, -0.1) is 0 Å². The highest BCUT2D eigenvalue weighted by Gasteiger charge is 2.50. The predicted molar refractivity (Wildman–Crippen MR) is 136 cm³/mol. The Labute approximate surface area is 199 Å². The van der Waals surface area contributed by atoms with Gasteiger partial charge in [0.05, 0.1) is 25.4 Å². The number of carbonyl (C=O) groups is 1. The number of hydrogen-bond donors (Lipinski definition) is 1. The summed E-state index contributed by atoms with van der Waals surface area (Å²) in [5.74, 6) is 0. The SMILES string of the molecule is CC(C)(C)OC(=O)N[C@@H]1C=C[C@@H](CO[Si](c2ccccc2)(c2ccccc2)C(C)(C)C)OC1. The van der Waals surface area contributed by atoms with Crippen LogP contribution in [0.25, 0.3) is 0 Å². The monoisotopic (exact) mass is 467 g/mol. The van der Waals surface area contributed by atoms with Gasteiger partial charge in [0.15, 0.2) is 0 Å². The molecule has 0 unspecified atom stereocenters. The fraction of sp³-hybridized carbons (Fsp3) is 0.444. The van der Waals surface area contributed by atoms with Crippen molar-refractivity contribution >= 4 is 24.8 Å². The third-order valence-corrected chi connectivity index (χ3v) is 10.6. The first kappa shape index (κ1) is 25.2. The molecule has 178 valence electrons. The molecule has 1 heterocycles. The van der Waals surface area contributed by atoms with Crippen LogP contribution in [-0.2, 0) is 13.9 Å². The molecule has 2 atom stereocenters. The Hall–Kier alpha value is -2.41. The third-order valence-electron chi connectivity index (χ3n) is 5.63. The van der Waals surface area contributed by atoms with E-state index in [1.807, 2.05) is 45.1 Å². The minimum absolute atomic E-state index is 0.0884. The van der Waals surface area contributed by atoms with Gasteiger partial charge in [0.25, 0.3) is 8.32 Å². The molecule has 0 aliphatic carbocycles. The maximum absolute atomic E-state index is 12.0. The van der Waals surface area contributed by atoms with Crippen molar-refractivity contribution in [3.05, 3.63) is 72.8 Å². The van der Waals surface area contributed by atoms with Gasteiger partial charge in [-0.1, -0.05) is 93.6 Å². The van der Waals surface area contributed by atoms with Gasteiger partial charge in [0, 0.05) is 0 Å². The van der Waals surface area contributed by atoms with Crippen LogP contribution >= 0.6 is 0 Å². The molecule has 1 N–H and O–H groups in total. The van der Waals surface area contributed by atoms with E-state index >= 15 is 0 Å². The van der Waals surface area contributed by atoms with E-state index in [9.17, 15) is 4.79 Å². The molecule has 0 bridgehead atoms. The number of amides is 1. The normalized spacial score (nSPS) is 19.2. The second-order valence-electron chi connectivity index (χ2n) is 10.5. The van der Waals surface area contributed by atoms with Crippen LogP contribution in [0.3, 0.4) is 0 Å². The Balaban J connectivity index is 1.77. The van der Waals surface area contributed by atoms with E-state index in [2.05, 4.69) is 74.6 Å². The summed E-state index contributed by atoms with van der Waals surface area (Å²) >= 11 is 0. The van der Waals surface area contributed by atoms with Gasteiger partial charge >= 0.3 is 6.09 Å². The summed E-state index contributed by atoms with van der Waals surface area (Å²) in [5, 5.41) is 5.24. The van der Waals surface area contributed by atoms with Crippen LogP contribution in [0.5, 0.6) is 0 Å². The Bertz CT molecular complexity index is 893. The average Bonchev–Trinajstić information content (AvgIpc) is 2.74. The molecule has 33 heavy (non-hydrogen) atoms. The van der Waals surface area contributed by atoms with E-state index < -0.39 is 20.0 Å². The fourth-order valence-corrected chi connectivity index (χ4v) is 8.79. The summed E-state index contributed by atoms with van der Waals surface area (Å²) in [6.07, 6.45) is 3.32. The minimum Gasteiger partial charge on any atom is -0.444 e. The summed E-state index contributed by atoms with van der Waals surface area (Å²) < 4.78 is 18.3. The predicted octanol–water partition coefficient (Wildman–Crippen LogP) is 4.41. The molecule has 0 radical (unpaired) electrons. The second kappa shape index (κ2) is 10.2. The van der Waals surface area contributed by atoms with E-state index in [-0.39, 0.29) is 17.2 Å². The lowest BCUT2D eigenvalue weighted by Gasteiger charge is -2.43. The van der Waals surface area contributed by atoms with Gasteiger partial charge < -0.3 is 19.2 Å². The summed E-state index contributed by atoms with van der Waals surface area (Å²) in [4.78, 5) is 12.0. The Kier molecular flexibility index (Phi) is 7.83. The lowest BCUT2D eigenvalue weighted by molar-refractivity contribution is 0.0228. The van der Waals surface area contributed by atoms with Crippen molar-refractivity contribution in [2.45, 2.75) is 64.3 Å². The number of benzene rings is 2. The Morgan fingerprint density at radius 3 is 1.91 bits per heavy atom. The van der Waals surface area contributed by atoms with Gasteiger partial charge in [-0.3, -0.25) is 0 Å². The van der Waals surface area contributed by atoms with Crippen molar-refractivity contribution in [3.8, 4) is 0 Å². The van der Waals surface area contributed by atoms with Gasteiger partial charge in [0.1, 0.15) is 5.60 Å². The first-order valence-electron chi connectivity index (χ1n) is 11.6. The Morgan fingerprint density at radius 2 is 1.48 bits per heavy atom. The lowest BCUT2D eigenvalue weighted by Crippen LogP contribution is -2.67. The number of ether oxygens (including phenoxy) is 2. The maximum Gasteiger partial charge on any atom is 0.408 e. The van der Waals surface area contributed by atoms with Crippen molar-refractivity contribution < 1.29 is 18.7 Å². The van der Waals surface area contributed by atoms with E-state index in [4.69, 9.17) is 13.9 Å². The summed E-state index contributed by atoms with van der Waals surface area (Å²) in [5.41, 5.74) is -0.532. The van der Waals surface area contributed by atoms with Crippen molar-refractivity contribution in [1.29, 1.82) is 0 Å². The molecule has 0 saturated carbocycles. The largest absolute Gasteiger partial charge is 0.444 e. The number of rotatable bonds is 6. The van der Waals surface area contributed by atoms with E-state index in [0.717, 1.165) is 0 Å². The highest BCUT2D eigenvalue weighted by molar-refractivity contribution is 6.99.